The molecule has 0 unspecified atom stereocenters. The lowest BCUT2D eigenvalue weighted by Gasteiger charge is -2.53. The average molecular weight is 630 g/mol. The fraction of sp³-hybridized carbons (Fsp3) is 0.500. The molecule has 4 aliphatic carbocycles. The fourth-order valence-electron chi connectivity index (χ4n) is 8.16. The van der Waals surface area contributed by atoms with Gasteiger partial charge in [0, 0.05) is 23.5 Å². The average Bonchev–Trinajstić information content (AvgIpc) is 3.43. The van der Waals surface area contributed by atoms with Gasteiger partial charge in [-0.15, -0.1) is 0 Å². The SMILES string of the molecule is C[C@@](Cc1c[nH]c2ccccc12)(NC(=O)OC1C2CC3CC(C2)CC1C3)C(=O)N[C@@H](COC(=O)CCC(=O)O)Cc1ccccc1. The van der Waals surface area contributed by atoms with E-state index in [2.05, 4.69) is 15.6 Å². The molecular weight excluding hydrogens is 586 g/mol. The number of ether oxygens (including phenoxy) is 2. The summed E-state index contributed by atoms with van der Waals surface area (Å²) >= 11 is 0. The van der Waals surface area contributed by atoms with Crippen LogP contribution in [0.15, 0.2) is 60.8 Å². The first kappa shape index (κ1) is 31.6. The van der Waals surface area contributed by atoms with Gasteiger partial charge in [-0.1, -0.05) is 48.5 Å². The summed E-state index contributed by atoms with van der Waals surface area (Å²) in [4.78, 5) is 54.3. The number of rotatable bonds is 13. The van der Waals surface area contributed by atoms with Crippen LogP contribution in [0.3, 0.4) is 0 Å². The number of alkyl carbamates (subject to hydrolysis) is 1. The molecular formula is C36H43N3O7. The maximum atomic E-state index is 14.3. The molecule has 244 valence electrons. The Balaban J connectivity index is 1.20. The number of carboxylic acid groups (broad SMARTS) is 1. The Bertz CT molecular complexity index is 1540. The molecule has 0 aliphatic heterocycles. The van der Waals surface area contributed by atoms with Crippen LogP contribution in [0.25, 0.3) is 10.9 Å². The van der Waals surface area contributed by atoms with Gasteiger partial charge in [-0.25, -0.2) is 4.79 Å². The van der Waals surface area contributed by atoms with Crippen molar-refractivity contribution in [3.8, 4) is 0 Å². The van der Waals surface area contributed by atoms with Crippen LogP contribution in [-0.4, -0.2) is 58.3 Å². The van der Waals surface area contributed by atoms with Gasteiger partial charge in [-0.3, -0.25) is 14.4 Å². The van der Waals surface area contributed by atoms with E-state index >= 15 is 0 Å². The van der Waals surface area contributed by atoms with Gasteiger partial charge in [0.05, 0.1) is 18.9 Å². The summed E-state index contributed by atoms with van der Waals surface area (Å²) in [6, 6.07) is 16.6. The highest BCUT2D eigenvalue weighted by Gasteiger charge is 2.50. The maximum absolute atomic E-state index is 14.3. The molecule has 2 amide bonds. The molecule has 4 N–H and O–H groups in total. The number of carboxylic acids is 1. The Morgan fingerprint density at radius 2 is 1.61 bits per heavy atom. The van der Waals surface area contributed by atoms with Crippen LogP contribution in [0.2, 0.25) is 0 Å². The molecule has 0 radical (unpaired) electrons. The number of H-pyrrole nitrogens is 1. The molecule has 0 spiro atoms. The van der Waals surface area contributed by atoms with Gasteiger partial charge in [0.2, 0.25) is 5.91 Å². The van der Waals surface area contributed by atoms with Crippen LogP contribution in [0.4, 0.5) is 4.79 Å². The molecule has 4 saturated carbocycles. The predicted molar refractivity (Wildman–Crippen MR) is 171 cm³/mol. The van der Waals surface area contributed by atoms with Crippen molar-refractivity contribution in [2.75, 3.05) is 6.61 Å². The van der Waals surface area contributed by atoms with Crippen LogP contribution in [0, 0.1) is 23.7 Å². The highest BCUT2D eigenvalue weighted by Crippen LogP contribution is 2.54. The second-order valence-electron chi connectivity index (χ2n) is 13.7. The fourth-order valence-corrected chi connectivity index (χ4v) is 8.16. The summed E-state index contributed by atoms with van der Waals surface area (Å²) in [6.45, 7) is 1.54. The standard InChI is InChI=1S/C36H43N3O7/c1-36(19-27-20-37-30-10-6-5-9-29(27)30,39-35(44)46-33-25-14-23-13-24(16-25)17-26(33)15-23)34(43)38-28(18-22-7-3-2-4-8-22)21-45-32(42)12-11-31(40)41/h2-10,20,23-26,28,33,37H,11-19,21H2,1H3,(H,38,43)(H,39,44)(H,40,41)/t23?,24?,25?,26?,28-,33?,36+/m1/s1. The van der Waals surface area contributed by atoms with Crippen LogP contribution in [0.5, 0.6) is 0 Å². The Morgan fingerprint density at radius 1 is 0.935 bits per heavy atom. The van der Waals surface area contributed by atoms with Crippen molar-refractivity contribution in [1.82, 2.24) is 15.6 Å². The van der Waals surface area contributed by atoms with Crippen molar-refractivity contribution in [2.45, 2.75) is 82.4 Å². The monoisotopic (exact) mass is 629 g/mol. The minimum Gasteiger partial charge on any atom is -0.481 e. The van der Waals surface area contributed by atoms with Crippen molar-refractivity contribution in [1.29, 1.82) is 0 Å². The predicted octanol–water partition coefficient (Wildman–Crippen LogP) is 5.16. The largest absolute Gasteiger partial charge is 0.481 e. The second kappa shape index (κ2) is 13.6. The van der Waals surface area contributed by atoms with E-state index in [-0.39, 0.29) is 32.0 Å². The van der Waals surface area contributed by atoms with E-state index in [1.165, 1.54) is 6.42 Å². The Labute approximate surface area is 268 Å². The first-order valence-corrected chi connectivity index (χ1v) is 16.4. The smallest absolute Gasteiger partial charge is 0.408 e. The number of aromatic amines is 1. The third-order valence-electron chi connectivity index (χ3n) is 10.1. The number of carbonyl (C=O) groups is 4. The number of aliphatic carboxylic acids is 1. The van der Waals surface area contributed by atoms with Crippen LogP contribution in [0.1, 0.15) is 63.0 Å². The van der Waals surface area contributed by atoms with E-state index in [9.17, 15) is 19.2 Å². The number of benzene rings is 2. The molecule has 10 heteroatoms. The van der Waals surface area contributed by atoms with Crippen molar-refractivity contribution in [3.05, 3.63) is 71.9 Å². The van der Waals surface area contributed by atoms with E-state index in [0.29, 0.717) is 18.3 Å². The molecule has 1 aromatic heterocycles. The molecule has 2 atom stereocenters. The first-order chi connectivity index (χ1) is 22.1. The molecule has 4 bridgehead atoms. The molecule has 4 fully saturated rings. The summed E-state index contributed by atoms with van der Waals surface area (Å²) in [7, 11) is 0. The van der Waals surface area contributed by atoms with Gasteiger partial charge in [0.15, 0.2) is 0 Å². The zero-order valence-electron chi connectivity index (χ0n) is 26.2. The number of amides is 2. The molecule has 10 nitrogen and oxygen atoms in total. The Hall–Kier alpha value is -4.34. The van der Waals surface area contributed by atoms with Gasteiger partial charge in [0.1, 0.15) is 18.2 Å². The number of para-hydroxylation sites is 1. The summed E-state index contributed by atoms with van der Waals surface area (Å²) in [5.41, 5.74) is 1.30. The second-order valence-corrected chi connectivity index (χ2v) is 13.7. The van der Waals surface area contributed by atoms with Crippen LogP contribution < -0.4 is 10.6 Å². The third kappa shape index (κ3) is 7.37. The van der Waals surface area contributed by atoms with E-state index in [1.54, 1.807) is 6.92 Å². The number of carbonyl (C=O) groups excluding carboxylic acids is 3. The highest BCUT2D eigenvalue weighted by atomic mass is 16.6. The van der Waals surface area contributed by atoms with Gasteiger partial charge in [-0.2, -0.15) is 0 Å². The Morgan fingerprint density at radius 3 is 2.30 bits per heavy atom. The number of hydrogen-bond acceptors (Lipinski definition) is 6. The van der Waals surface area contributed by atoms with Crippen LogP contribution in [-0.2, 0) is 36.7 Å². The topological polar surface area (TPSA) is 147 Å². The lowest BCUT2D eigenvalue weighted by molar-refractivity contribution is -0.148. The maximum Gasteiger partial charge on any atom is 0.408 e. The number of hydrogen-bond donors (Lipinski definition) is 4. The summed E-state index contributed by atoms with van der Waals surface area (Å²) in [6.07, 6.45) is 6.77. The summed E-state index contributed by atoms with van der Waals surface area (Å²) < 4.78 is 11.6. The quantitative estimate of drug-likeness (QED) is 0.191. The zero-order valence-corrected chi connectivity index (χ0v) is 26.2. The molecule has 1 heterocycles. The molecule has 0 saturated heterocycles. The third-order valence-corrected chi connectivity index (χ3v) is 10.1. The van der Waals surface area contributed by atoms with Crippen molar-refractivity contribution >= 4 is 34.8 Å². The summed E-state index contributed by atoms with van der Waals surface area (Å²) in [5.74, 6) is 0.0384. The van der Waals surface area contributed by atoms with Gasteiger partial charge in [0.25, 0.3) is 0 Å². The lowest BCUT2D eigenvalue weighted by atomic mass is 9.55. The molecule has 4 aliphatic rings. The van der Waals surface area contributed by atoms with Gasteiger partial charge in [-0.05, 0) is 86.3 Å². The minimum absolute atomic E-state index is 0.135. The number of fused-ring (bicyclic) bond motifs is 1. The molecule has 46 heavy (non-hydrogen) atoms. The zero-order chi connectivity index (χ0) is 32.3. The normalized spacial score (nSPS) is 24.9. The number of nitrogens with one attached hydrogen (secondary N) is 3. The van der Waals surface area contributed by atoms with E-state index in [4.69, 9.17) is 14.6 Å². The molecule has 2 aromatic carbocycles. The van der Waals surface area contributed by atoms with Crippen molar-refractivity contribution in [2.24, 2.45) is 23.7 Å². The Kier molecular flexibility index (Phi) is 9.33. The van der Waals surface area contributed by atoms with E-state index < -0.39 is 35.5 Å². The molecule has 7 rings (SSSR count). The number of esters is 1. The van der Waals surface area contributed by atoms with E-state index in [0.717, 1.165) is 59.5 Å². The van der Waals surface area contributed by atoms with Gasteiger partial charge >= 0.3 is 18.0 Å². The van der Waals surface area contributed by atoms with Crippen LogP contribution >= 0.6 is 0 Å². The number of aromatic nitrogens is 1. The van der Waals surface area contributed by atoms with Crippen molar-refractivity contribution < 1.29 is 33.8 Å². The molecule has 3 aromatic rings. The van der Waals surface area contributed by atoms with Gasteiger partial charge < -0.3 is 30.2 Å². The van der Waals surface area contributed by atoms with E-state index in [1.807, 2.05) is 60.8 Å². The first-order valence-electron chi connectivity index (χ1n) is 16.4. The highest BCUT2D eigenvalue weighted by molar-refractivity contribution is 5.92. The summed E-state index contributed by atoms with van der Waals surface area (Å²) in [5, 5.41) is 15.9. The van der Waals surface area contributed by atoms with Crippen molar-refractivity contribution in [3.63, 3.8) is 0 Å². The lowest BCUT2D eigenvalue weighted by Crippen LogP contribution is -2.61. The minimum atomic E-state index is -1.41.